The summed E-state index contributed by atoms with van der Waals surface area (Å²) >= 11 is 0. The molecule has 0 radical (unpaired) electrons. The average molecular weight is 461 g/mol. The Balaban J connectivity index is 0.00000225. The summed E-state index contributed by atoms with van der Waals surface area (Å²) in [5.74, 6) is 0.302. The van der Waals surface area contributed by atoms with Crippen LogP contribution in [0.25, 0.3) is 0 Å². The third kappa shape index (κ3) is 7.36. The molecule has 2 aliphatic heterocycles. The fourth-order valence-corrected chi connectivity index (χ4v) is 4.40. The summed E-state index contributed by atoms with van der Waals surface area (Å²) in [6.45, 7) is 9.02. The minimum absolute atomic E-state index is 0. The Kier molecular flexibility index (Phi) is 12.2. The number of methoxy groups -OCH3 is 1. The van der Waals surface area contributed by atoms with E-state index in [0.717, 1.165) is 71.7 Å². The maximum Gasteiger partial charge on any atom is 0.231 e. The third-order valence-electron chi connectivity index (χ3n) is 6.19. The zero-order valence-electron chi connectivity index (χ0n) is 18.3. The number of carbonyl (C=O) groups excluding carboxylic acids is 1. The lowest BCUT2D eigenvalue weighted by molar-refractivity contribution is -0.149. The molecule has 1 N–H and O–H groups in total. The molecular weight excluding hydrogens is 423 g/mol. The lowest BCUT2D eigenvalue weighted by Crippen LogP contribution is -2.57. The minimum Gasteiger partial charge on any atom is -0.384 e. The van der Waals surface area contributed by atoms with E-state index in [1.54, 1.807) is 7.11 Å². The number of carbonyl (C=O) groups is 1. The summed E-state index contributed by atoms with van der Waals surface area (Å²) in [7, 11) is 3.89. The first kappa shape index (κ1) is 27.1. The van der Waals surface area contributed by atoms with Crippen molar-refractivity contribution in [3.8, 4) is 0 Å². The second-order valence-corrected chi connectivity index (χ2v) is 8.32. The molecule has 3 rings (SSSR count). The zero-order valence-corrected chi connectivity index (χ0v) is 20.0. The lowest BCUT2D eigenvalue weighted by Gasteiger charge is -2.42. The van der Waals surface area contributed by atoms with Gasteiger partial charge < -0.3 is 19.9 Å². The Labute approximate surface area is 194 Å². The van der Waals surface area contributed by atoms with Crippen LogP contribution in [-0.2, 0) is 16.1 Å². The molecule has 0 spiro atoms. The number of halogens is 2. The smallest absolute Gasteiger partial charge is 0.231 e. The molecule has 172 valence electrons. The van der Waals surface area contributed by atoms with Crippen molar-refractivity contribution in [1.29, 1.82) is 0 Å². The predicted octanol–water partition coefficient (Wildman–Crippen LogP) is 2.12. The number of nitrogens with zero attached hydrogens (tertiary/aromatic N) is 3. The molecule has 0 aliphatic carbocycles. The molecule has 0 saturated carbocycles. The van der Waals surface area contributed by atoms with Crippen LogP contribution in [-0.4, -0.2) is 93.7 Å². The molecule has 1 amide bonds. The summed E-state index contributed by atoms with van der Waals surface area (Å²) in [5.41, 5.74) is 1.03. The normalized spacial score (nSPS) is 19.1. The molecule has 1 aromatic rings. The van der Waals surface area contributed by atoms with Gasteiger partial charge in [-0.2, -0.15) is 0 Å². The molecule has 2 heterocycles. The van der Waals surface area contributed by atoms with E-state index in [1.165, 1.54) is 5.56 Å². The van der Waals surface area contributed by atoms with Crippen LogP contribution in [0.4, 0.5) is 0 Å². The third-order valence-corrected chi connectivity index (χ3v) is 6.19. The van der Waals surface area contributed by atoms with Crippen molar-refractivity contribution < 1.29 is 9.53 Å². The number of hydrogen-bond acceptors (Lipinski definition) is 5. The molecule has 0 bridgehead atoms. The van der Waals surface area contributed by atoms with Crippen molar-refractivity contribution in [2.45, 2.75) is 19.4 Å². The van der Waals surface area contributed by atoms with Crippen LogP contribution >= 0.6 is 24.8 Å². The maximum atomic E-state index is 13.2. The van der Waals surface area contributed by atoms with Crippen LogP contribution in [0.1, 0.15) is 18.4 Å². The van der Waals surface area contributed by atoms with Gasteiger partial charge in [-0.05, 0) is 38.5 Å². The topological polar surface area (TPSA) is 48.1 Å². The quantitative estimate of drug-likeness (QED) is 0.643. The summed E-state index contributed by atoms with van der Waals surface area (Å²) in [6.07, 6.45) is 1.76. The number of piperidine rings is 1. The van der Waals surface area contributed by atoms with Gasteiger partial charge in [0, 0.05) is 52.9 Å². The second kappa shape index (κ2) is 13.5. The number of benzene rings is 1. The number of rotatable bonds is 8. The molecule has 6 nitrogen and oxygen atoms in total. The molecular formula is C22H38Cl2N4O2. The van der Waals surface area contributed by atoms with Crippen LogP contribution in [0.5, 0.6) is 0 Å². The van der Waals surface area contributed by atoms with E-state index in [-0.39, 0.29) is 30.2 Å². The highest BCUT2D eigenvalue weighted by Crippen LogP contribution is 2.32. The molecule has 30 heavy (non-hydrogen) atoms. The van der Waals surface area contributed by atoms with Gasteiger partial charge in [-0.3, -0.25) is 9.69 Å². The monoisotopic (exact) mass is 460 g/mol. The molecule has 0 aromatic heterocycles. The SMILES string of the molecule is COCC1(C(=O)N2CCN(CCN(C)Cc3ccccc3)CC2)CCNCC1.Cl.Cl. The fraction of sp³-hybridized carbons (Fsp3) is 0.682. The van der Waals surface area contributed by atoms with Gasteiger partial charge in [0.05, 0.1) is 12.0 Å². The maximum absolute atomic E-state index is 13.2. The second-order valence-electron chi connectivity index (χ2n) is 8.32. The highest BCUT2D eigenvalue weighted by Gasteiger charge is 2.42. The first-order valence-corrected chi connectivity index (χ1v) is 10.6. The van der Waals surface area contributed by atoms with E-state index in [0.29, 0.717) is 12.5 Å². The lowest BCUT2D eigenvalue weighted by atomic mass is 9.78. The van der Waals surface area contributed by atoms with E-state index in [4.69, 9.17) is 4.74 Å². The Morgan fingerprint density at radius 1 is 1.10 bits per heavy atom. The Morgan fingerprint density at radius 3 is 2.33 bits per heavy atom. The van der Waals surface area contributed by atoms with Crippen molar-refractivity contribution in [3.63, 3.8) is 0 Å². The first-order valence-electron chi connectivity index (χ1n) is 10.6. The highest BCUT2D eigenvalue weighted by atomic mass is 35.5. The van der Waals surface area contributed by atoms with Crippen molar-refractivity contribution in [2.24, 2.45) is 5.41 Å². The number of amides is 1. The number of piperazine rings is 1. The van der Waals surface area contributed by atoms with Crippen LogP contribution in [0, 0.1) is 5.41 Å². The molecule has 0 unspecified atom stereocenters. The average Bonchev–Trinajstić information content (AvgIpc) is 2.74. The van der Waals surface area contributed by atoms with Crippen LogP contribution < -0.4 is 5.32 Å². The Morgan fingerprint density at radius 2 is 1.73 bits per heavy atom. The van der Waals surface area contributed by atoms with Crippen LogP contribution in [0.15, 0.2) is 30.3 Å². The predicted molar refractivity (Wildman–Crippen MR) is 127 cm³/mol. The van der Waals surface area contributed by atoms with Gasteiger partial charge in [0.15, 0.2) is 0 Å². The van der Waals surface area contributed by atoms with Crippen LogP contribution in [0.2, 0.25) is 0 Å². The Hall–Kier alpha value is -0.890. The summed E-state index contributed by atoms with van der Waals surface area (Å²) in [6, 6.07) is 10.6. The standard InChI is InChI=1S/C22H36N4O2.2ClH/c1-24(18-20-6-4-3-5-7-20)12-13-25-14-16-26(17-15-25)21(27)22(19-28-2)8-10-23-11-9-22;;/h3-7,23H,8-19H2,1-2H3;2*1H. The molecule has 1 aromatic carbocycles. The Bertz CT molecular complexity index is 601. The van der Waals surface area contributed by atoms with Crippen LogP contribution in [0.3, 0.4) is 0 Å². The highest BCUT2D eigenvalue weighted by molar-refractivity contribution is 5.85. The first-order chi connectivity index (χ1) is 13.6. The van der Waals surface area contributed by atoms with Crippen molar-refractivity contribution in [1.82, 2.24) is 20.0 Å². The number of likely N-dealkylation sites (N-methyl/N-ethyl adjacent to an activating group) is 1. The zero-order chi connectivity index (χ0) is 19.8. The molecule has 2 saturated heterocycles. The van der Waals surface area contributed by atoms with Gasteiger partial charge in [-0.1, -0.05) is 30.3 Å². The summed E-state index contributed by atoms with van der Waals surface area (Å²) in [5, 5.41) is 3.37. The molecule has 2 fully saturated rings. The van der Waals surface area contributed by atoms with E-state index < -0.39 is 0 Å². The van der Waals surface area contributed by atoms with E-state index >= 15 is 0 Å². The van der Waals surface area contributed by atoms with Gasteiger partial charge in [-0.15, -0.1) is 24.8 Å². The number of ether oxygens (including phenoxy) is 1. The van der Waals surface area contributed by atoms with Crippen molar-refractivity contribution in [3.05, 3.63) is 35.9 Å². The number of hydrogen-bond donors (Lipinski definition) is 1. The number of nitrogens with one attached hydrogen (secondary N) is 1. The van der Waals surface area contributed by atoms with Crippen molar-refractivity contribution in [2.75, 3.05) is 73.1 Å². The van der Waals surface area contributed by atoms with Crippen molar-refractivity contribution >= 4 is 30.7 Å². The van der Waals surface area contributed by atoms with E-state index in [9.17, 15) is 4.79 Å². The fourth-order valence-electron chi connectivity index (χ4n) is 4.40. The summed E-state index contributed by atoms with van der Waals surface area (Å²) < 4.78 is 5.44. The molecule has 2 aliphatic rings. The van der Waals surface area contributed by atoms with Gasteiger partial charge in [0.2, 0.25) is 5.91 Å². The van der Waals surface area contributed by atoms with Gasteiger partial charge in [-0.25, -0.2) is 0 Å². The van der Waals surface area contributed by atoms with Gasteiger partial charge in [0.1, 0.15) is 0 Å². The van der Waals surface area contributed by atoms with E-state index in [2.05, 4.69) is 57.4 Å². The summed E-state index contributed by atoms with van der Waals surface area (Å²) in [4.78, 5) is 20.2. The molecule has 8 heteroatoms. The van der Waals surface area contributed by atoms with Gasteiger partial charge in [0.25, 0.3) is 0 Å². The van der Waals surface area contributed by atoms with Gasteiger partial charge >= 0.3 is 0 Å². The largest absolute Gasteiger partial charge is 0.384 e. The van der Waals surface area contributed by atoms with E-state index in [1.807, 2.05) is 0 Å². The molecule has 0 atom stereocenters. The minimum atomic E-state index is -0.321.